The van der Waals surface area contributed by atoms with Crippen molar-refractivity contribution in [1.82, 2.24) is 4.90 Å². The molecule has 0 aliphatic carbocycles. The SMILES string of the molecule is COCCCNc1ccc2c3c(cccc13)C(=O)N(CC(=O)O)C2=O. The van der Waals surface area contributed by atoms with Crippen molar-refractivity contribution >= 4 is 34.2 Å². The second kappa shape index (κ2) is 6.90. The fraction of sp³-hybridized carbons (Fsp3) is 0.278. The van der Waals surface area contributed by atoms with Crippen molar-refractivity contribution in [2.24, 2.45) is 0 Å². The van der Waals surface area contributed by atoms with Gasteiger partial charge in [0.2, 0.25) is 0 Å². The molecule has 0 bridgehead atoms. The molecule has 2 aromatic carbocycles. The molecular formula is C18H18N2O5. The van der Waals surface area contributed by atoms with E-state index in [-0.39, 0.29) is 0 Å². The molecule has 0 spiro atoms. The maximum absolute atomic E-state index is 12.6. The fourth-order valence-electron chi connectivity index (χ4n) is 3.02. The molecule has 1 heterocycles. The normalized spacial score (nSPS) is 13.4. The highest BCUT2D eigenvalue weighted by atomic mass is 16.5. The zero-order valence-corrected chi connectivity index (χ0v) is 13.7. The number of carbonyl (C=O) groups is 3. The summed E-state index contributed by atoms with van der Waals surface area (Å²) in [7, 11) is 1.64. The second-order valence-corrected chi connectivity index (χ2v) is 5.75. The molecule has 130 valence electrons. The Kier molecular flexibility index (Phi) is 4.67. The summed E-state index contributed by atoms with van der Waals surface area (Å²) in [5, 5.41) is 13.6. The number of nitrogens with one attached hydrogen (secondary N) is 1. The van der Waals surface area contributed by atoms with Crippen LogP contribution in [0.25, 0.3) is 10.8 Å². The number of rotatable bonds is 7. The lowest BCUT2D eigenvalue weighted by Gasteiger charge is -2.26. The highest BCUT2D eigenvalue weighted by Gasteiger charge is 2.34. The fourth-order valence-corrected chi connectivity index (χ4v) is 3.02. The first-order valence-corrected chi connectivity index (χ1v) is 7.91. The number of carbonyl (C=O) groups excluding carboxylic acids is 2. The first-order chi connectivity index (χ1) is 12.0. The van der Waals surface area contributed by atoms with Gasteiger partial charge in [-0.1, -0.05) is 12.1 Å². The third-order valence-electron chi connectivity index (χ3n) is 4.13. The van der Waals surface area contributed by atoms with Crippen LogP contribution in [0.3, 0.4) is 0 Å². The Balaban J connectivity index is 2.03. The Morgan fingerprint density at radius 1 is 1.16 bits per heavy atom. The summed E-state index contributed by atoms with van der Waals surface area (Å²) in [6, 6.07) is 8.60. The van der Waals surface area contributed by atoms with Gasteiger partial charge in [0.1, 0.15) is 6.54 Å². The summed E-state index contributed by atoms with van der Waals surface area (Å²) in [4.78, 5) is 36.9. The van der Waals surface area contributed by atoms with E-state index in [9.17, 15) is 14.4 Å². The maximum Gasteiger partial charge on any atom is 0.323 e. The van der Waals surface area contributed by atoms with Crippen molar-refractivity contribution in [3.63, 3.8) is 0 Å². The molecule has 0 atom stereocenters. The van der Waals surface area contributed by atoms with Gasteiger partial charge >= 0.3 is 5.97 Å². The van der Waals surface area contributed by atoms with Gasteiger partial charge in [0.25, 0.3) is 11.8 Å². The van der Waals surface area contributed by atoms with Gasteiger partial charge in [0.15, 0.2) is 0 Å². The van der Waals surface area contributed by atoms with Crippen LogP contribution in [0, 0.1) is 0 Å². The number of methoxy groups -OCH3 is 1. The number of nitrogens with zero attached hydrogens (tertiary/aromatic N) is 1. The van der Waals surface area contributed by atoms with Crippen LogP contribution in [0.15, 0.2) is 30.3 Å². The van der Waals surface area contributed by atoms with Crippen LogP contribution < -0.4 is 5.32 Å². The summed E-state index contributed by atoms with van der Waals surface area (Å²) in [6.07, 6.45) is 0.823. The summed E-state index contributed by atoms with van der Waals surface area (Å²) in [6.45, 7) is 0.680. The van der Waals surface area contributed by atoms with E-state index >= 15 is 0 Å². The molecule has 3 rings (SSSR count). The van der Waals surface area contributed by atoms with E-state index in [1.54, 1.807) is 31.4 Å². The lowest BCUT2D eigenvalue weighted by atomic mass is 9.93. The number of anilines is 1. The monoisotopic (exact) mass is 342 g/mol. The number of ether oxygens (including phenoxy) is 1. The maximum atomic E-state index is 12.6. The molecule has 0 radical (unpaired) electrons. The Labute approximate surface area is 144 Å². The number of amides is 2. The second-order valence-electron chi connectivity index (χ2n) is 5.75. The van der Waals surface area contributed by atoms with Crippen molar-refractivity contribution in [3.8, 4) is 0 Å². The van der Waals surface area contributed by atoms with Gasteiger partial charge in [-0.25, -0.2) is 0 Å². The van der Waals surface area contributed by atoms with E-state index in [1.807, 2.05) is 6.07 Å². The number of benzene rings is 2. The van der Waals surface area contributed by atoms with Crippen LogP contribution in [-0.2, 0) is 9.53 Å². The molecule has 0 unspecified atom stereocenters. The average Bonchev–Trinajstić information content (AvgIpc) is 2.60. The third-order valence-corrected chi connectivity index (χ3v) is 4.13. The topological polar surface area (TPSA) is 95.9 Å². The van der Waals surface area contributed by atoms with E-state index in [2.05, 4.69) is 5.32 Å². The Morgan fingerprint density at radius 3 is 2.56 bits per heavy atom. The lowest BCUT2D eigenvalue weighted by Crippen LogP contribution is -2.43. The molecule has 25 heavy (non-hydrogen) atoms. The zero-order chi connectivity index (χ0) is 18.0. The molecule has 0 fully saturated rings. The van der Waals surface area contributed by atoms with E-state index in [0.29, 0.717) is 29.7 Å². The first kappa shape index (κ1) is 16.9. The van der Waals surface area contributed by atoms with Gasteiger partial charge in [-0.3, -0.25) is 19.3 Å². The van der Waals surface area contributed by atoms with Crippen LogP contribution in [0.5, 0.6) is 0 Å². The average molecular weight is 342 g/mol. The molecule has 0 aromatic heterocycles. The minimum absolute atomic E-state index is 0.342. The first-order valence-electron chi connectivity index (χ1n) is 7.91. The Hall–Kier alpha value is -2.93. The van der Waals surface area contributed by atoms with Crippen LogP contribution in [0.4, 0.5) is 5.69 Å². The quantitative estimate of drug-likeness (QED) is 0.590. The predicted molar refractivity (Wildman–Crippen MR) is 91.9 cm³/mol. The van der Waals surface area contributed by atoms with Crippen LogP contribution >= 0.6 is 0 Å². The minimum atomic E-state index is -1.23. The Morgan fingerprint density at radius 2 is 1.88 bits per heavy atom. The number of carboxylic acid groups (broad SMARTS) is 1. The molecule has 2 amide bonds. The molecule has 2 N–H and O–H groups in total. The molecule has 2 aromatic rings. The van der Waals surface area contributed by atoms with Gasteiger partial charge in [0, 0.05) is 47.8 Å². The summed E-state index contributed by atoms with van der Waals surface area (Å²) < 4.78 is 5.02. The minimum Gasteiger partial charge on any atom is -0.480 e. The molecule has 1 aliphatic heterocycles. The summed E-state index contributed by atoms with van der Waals surface area (Å²) >= 11 is 0. The lowest BCUT2D eigenvalue weighted by molar-refractivity contribution is -0.137. The van der Waals surface area contributed by atoms with Crippen molar-refractivity contribution in [1.29, 1.82) is 0 Å². The number of hydrogen-bond donors (Lipinski definition) is 2. The van der Waals surface area contributed by atoms with Crippen LogP contribution in [-0.4, -0.2) is 54.6 Å². The van der Waals surface area contributed by atoms with Crippen molar-refractivity contribution < 1.29 is 24.2 Å². The van der Waals surface area contributed by atoms with Gasteiger partial charge in [-0.15, -0.1) is 0 Å². The number of imide groups is 1. The molecule has 1 aliphatic rings. The Bertz CT molecular complexity index is 840. The van der Waals surface area contributed by atoms with Gasteiger partial charge in [0.05, 0.1) is 0 Å². The van der Waals surface area contributed by atoms with E-state index in [1.165, 1.54) is 0 Å². The van der Waals surface area contributed by atoms with E-state index in [0.717, 1.165) is 22.4 Å². The smallest absolute Gasteiger partial charge is 0.323 e. The van der Waals surface area contributed by atoms with E-state index < -0.39 is 24.3 Å². The predicted octanol–water partition coefficient (Wildman–Crippen LogP) is 1.97. The van der Waals surface area contributed by atoms with Crippen LogP contribution in [0.1, 0.15) is 27.1 Å². The van der Waals surface area contributed by atoms with E-state index in [4.69, 9.17) is 9.84 Å². The van der Waals surface area contributed by atoms with Crippen molar-refractivity contribution in [2.75, 3.05) is 32.1 Å². The third kappa shape index (κ3) is 3.06. The van der Waals surface area contributed by atoms with Gasteiger partial charge in [-0.2, -0.15) is 0 Å². The summed E-state index contributed by atoms with van der Waals surface area (Å²) in [5.41, 5.74) is 1.51. The van der Waals surface area contributed by atoms with Crippen LogP contribution in [0.2, 0.25) is 0 Å². The molecular weight excluding hydrogens is 324 g/mol. The number of aliphatic carboxylic acids is 1. The largest absolute Gasteiger partial charge is 0.480 e. The van der Waals surface area contributed by atoms with Crippen molar-refractivity contribution in [3.05, 3.63) is 41.5 Å². The number of hydrogen-bond acceptors (Lipinski definition) is 5. The molecule has 7 heteroatoms. The van der Waals surface area contributed by atoms with Gasteiger partial charge in [-0.05, 0) is 24.6 Å². The molecule has 7 nitrogen and oxygen atoms in total. The van der Waals surface area contributed by atoms with Crippen molar-refractivity contribution in [2.45, 2.75) is 6.42 Å². The highest BCUT2D eigenvalue weighted by Crippen LogP contribution is 2.34. The van der Waals surface area contributed by atoms with Gasteiger partial charge < -0.3 is 15.2 Å². The number of carboxylic acids is 1. The standard InChI is InChI=1S/C18H18N2O5/c1-25-9-3-8-19-14-7-6-13-16-11(14)4-2-5-12(16)17(23)20(18(13)24)10-15(21)22/h2,4-7,19H,3,8-10H2,1H3,(H,21,22). The zero-order valence-electron chi connectivity index (χ0n) is 13.7. The summed E-state index contributed by atoms with van der Waals surface area (Å²) in [5.74, 6) is -2.39. The highest BCUT2D eigenvalue weighted by molar-refractivity contribution is 6.27. The molecule has 0 saturated carbocycles. The molecule has 0 saturated heterocycles.